The minimum absolute atomic E-state index is 0.606. The molecule has 0 fully saturated rings. The van der Waals surface area contributed by atoms with Crippen LogP contribution in [0.25, 0.3) is 0 Å². The molecule has 0 saturated heterocycles. The van der Waals surface area contributed by atoms with Crippen molar-refractivity contribution in [2.45, 2.75) is 39.7 Å². The summed E-state index contributed by atoms with van der Waals surface area (Å²) in [5.41, 5.74) is 0. The van der Waals surface area contributed by atoms with Crippen molar-refractivity contribution >= 4 is 0 Å². The van der Waals surface area contributed by atoms with Gasteiger partial charge in [0.25, 0.3) is 0 Å². The van der Waals surface area contributed by atoms with E-state index in [9.17, 15) is 0 Å². The van der Waals surface area contributed by atoms with E-state index in [1.165, 1.54) is 12.8 Å². The molecule has 0 aromatic heterocycles. The van der Waals surface area contributed by atoms with Crippen molar-refractivity contribution < 1.29 is 0 Å². The first-order valence-corrected chi connectivity index (χ1v) is 3.78. The van der Waals surface area contributed by atoms with Gasteiger partial charge >= 0.3 is 0 Å². The molecular formula is C8H18N. The largest absolute Gasteiger partial charge is 0.312 e. The van der Waals surface area contributed by atoms with E-state index in [-0.39, 0.29) is 0 Å². The number of rotatable bonds is 4. The van der Waals surface area contributed by atoms with Crippen LogP contribution in [0.1, 0.15) is 33.6 Å². The Balaban J connectivity index is 3.50. The molecule has 0 aromatic rings. The van der Waals surface area contributed by atoms with Gasteiger partial charge in [0.2, 0.25) is 0 Å². The van der Waals surface area contributed by atoms with Crippen LogP contribution in [-0.2, 0) is 0 Å². The van der Waals surface area contributed by atoms with E-state index in [4.69, 9.17) is 0 Å². The Hall–Kier alpha value is -0.0400. The fourth-order valence-corrected chi connectivity index (χ4v) is 1.03. The van der Waals surface area contributed by atoms with Gasteiger partial charge in [0.15, 0.2) is 0 Å². The fraction of sp³-hybridized carbons (Fsp3) is 0.875. The van der Waals surface area contributed by atoms with Crippen LogP contribution < -0.4 is 5.32 Å². The first kappa shape index (κ1) is 8.96. The van der Waals surface area contributed by atoms with Crippen molar-refractivity contribution in [3.05, 3.63) is 7.05 Å². The fourth-order valence-electron chi connectivity index (χ4n) is 1.03. The van der Waals surface area contributed by atoms with Crippen molar-refractivity contribution in [3.63, 3.8) is 0 Å². The van der Waals surface area contributed by atoms with Gasteiger partial charge in [-0.3, -0.25) is 0 Å². The van der Waals surface area contributed by atoms with Gasteiger partial charge in [-0.15, -0.1) is 0 Å². The average Bonchev–Trinajstić information content (AvgIpc) is 1.90. The van der Waals surface area contributed by atoms with Crippen LogP contribution in [0, 0.1) is 13.0 Å². The standard InChI is InChI=1S/C8H18N/c1-5-7(3)8(6-2)9-4/h7-9H,4-6H2,1-3H3. The second-order valence-corrected chi connectivity index (χ2v) is 2.60. The lowest BCUT2D eigenvalue weighted by atomic mass is 9.97. The van der Waals surface area contributed by atoms with Crippen molar-refractivity contribution in [1.82, 2.24) is 5.32 Å². The third-order valence-electron chi connectivity index (χ3n) is 2.03. The monoisotopic (exact) mass is 128 g/mol. The van der Waals surface area contributed by atoms with E-state index in [0.29, 0.717) is 6.04 Å². The van der Waals surface area contributed by atoms with Gasteiger partial charge in [-0.05, 0) is 12.3 Å². The van der Waals surface area contributed by atoms with Crippen LogP contribution in [0.2, 0.25) is 0 Å². The highest BCUT2D eigenvalue weighted by atomic mass is 14.9. The summed E-state index contributed by atoms with van der Waals surface area (Å²) in [5, 5.41) is 3.05. The summed E-state index contributed by atoms with van der Waals surface area (Å²) in [6.45, 7) is 6.66. The van der Waals surface area contributed by atoms with Crippen molar-refractivity contribution in [1.29, 1.82) is 0 Å². The first-order chi connectivity index (χ1) is 4.26. The second-order valence-electron chi connectivity index (χ2n) is 2.60. The molecule has 0 heterocycles. The molecule has 1 heteroatoms. The highest BCUT2D eigenvalue weighted by Gasteiger charge is 2.09. The Bertz CT molecular complexity index is 57.6. The lowest BCUT2D eigenvalue weighted by Gasteiger charge is -2.19. The maximum atomic E-state index is 3.68. The van der Waals surface area contributed by atoms with Crippen LogP contribution >= 0.6 is 0 Å². The molecule has 55 valence electrons. The lowest BCUT2D eigenvalue weighted by Crippen LogP contribution is -2.29. The van der Waals surface area contributed by atoms with Gasteiger partial charge in [0.05, 0.1) is 0 Å². The molecule has 0 amide bonds. The summed E-state index contributed by atoms with van der Waals surface area (Å²) >= 11 is 0. The SMILES string of the molecule is [CH2]NC(CC)C(C)CC. The number of nitrogens with one attached hydrogen (secondary N) is 1. The highest BCUT2D eigenvalue weighted by Crippen LogP contribution is 2.09. The molecule has 0 rings (SSSR count). The van der Waals surface area contributed by atoms with E-state index in [0.717, 1.165) is 5.92 Å². The molecule has 0 aromatic carbocycles. The minimum atomic E-state index is 0.606. The van der Waals surface area contributed by atoms with Crippen LogP contribution in [-0.4, -0.2) is 6.04 Å². The van der Waals surface area contributed by atoms with Gasteiger partial charge in [-0.25, -0.2) is 0 Å². The average molecular weight is 128 g/mol. The van der Waals surface area contributed by atoms with E-state index in [2.05, 4.69) is 33.1 Å². The zero-order chi connectivity index (χ0) is 7.28. The summed E-state index contributed by atoms with van der Waals surface area (Å²) in [5.74, 6) is 0.757. The normalized spacial score (nSPS) is 17.3. The van der Waals surface area contributed by atoms with Gasteiger partial charge in [-0.2, -0.15) is 0 Å². The number of hydrogen-bond acceptors (Lipinski definition) is 1. The van der Waals surface area contributed by atoms with Crippen LogP contribution in [0.5, 0.6) is 0 Å². The predicted molar refractivity (Wildman–Crippen MR) is 42.0 cm³/mol. The smallest absolute Gasteiger partial charge is 0.00905 e. The first-order valence-electron chi connectivity index (χ1n) is 3.78. The van der Waals surface area contributed by atoms with Gasteiger partial charge in [-0.1, -0.05) is 27.2 Å². The molecule has 0 spiro atoms. The van der Waals surface area contributed by atoms with Crippen LogP contribution in [0.4, 0.5) is 0 Å². The van der Waals surface area contributed by atoms with E-state index >= 15 is 0 Å². The molecule has 0 aliphatic rings. The van der Waals surface area contributed by atoms with Crippen molar-refractivity contribution in [2.75, 3.05) is 0 Å². The zero-order valence-corrected chi connectivity index (χ0v) is 6.78. The molecule has 2 unspecified atom stereocenters. The topological polar surface area (TPSA) is 12.0 Å². The summed E-state index contributed by atoms with van der Waals surface area (Å²) < 4.78 is 0. The third kappa shape index (κ3) is 2.85. The Labute approximate surface area is 58.8 Å². The minimum Gasteiger partial charge on any atom is -0.312 e. The molecule has 0 aliphatic heterocycles. The maximum Gasteiger partial charge on any atom is 0.00905 e. The predicted octanol–water partition coefficient (Wildman–Crippen LogP) is 2.19. The Morgan fingerprint density at radius 1 is 1.33 bits per heavy atom. The van der Waals surface area contributed by atoms with Gasteiger partial charge in [0, 0.05) is 13.1 Å². The van der Waals surface area contributed by atoms with Crippen LogP contribution in [0.15, 0.2) is 0 Å². The second kappa shape index (κ2) is 4.80. The lowest BCUT2D eigenvalue weighted by molar-refractivity contribution is 0.389. The molecule has 1 nitrogen and oxygen atoms in total. The molecule has 2 atom stereocenters. The summed E-state index contributed by atoms with van der Waals surface area (Å²) in [6.07, 6.45) is 2.42. The Morgan fingerprint density at radius 3 is 2.00 bits per heavy atom. The van der Waals surface area contributed by atoms with Gasteiger partial charge < -0.3 is 5.32 Å². The molecule has 9 heavy (non-hydrogen) atoms. The summed E-state index contributed by atoms with van der Waals surface area (Å²) in [7, 11) is 3.68. The molecule has 1 radical (unpaired) electrons. The van der Waals surface area contributed by atoms with Crippen molar-refractivity contribution in [2.24, 2.45) is 5.92 Å². The molecular weight excluding hydrogens is 110 g/mol. The maximum absolute atomic E-state index is 3.68. The summed E-state index contributed by atoms with van der Waals surface area (Å²) in [6, 6.07) is 0.606. The molecule has 0 bridgehead atoms. The Morgan fingerprint density at radius 2 is 1.89 bits per heavy atom. The number of hydrogen-bond donors (Lipinski definition) is 1. The van der Waals surface area contributed by atoms with E-state index < -0.39 is 0 Å². The van der Waals surface area contributed by atoms with Crippen molar-refractivity contribution in [3.8, 4) is 0 Å². The molecule has 0 aliphatic carbocycles. The summed E-state index contributed by atoms with van der Waals surface area (Å²) in [4.78, 5) is 0. The zero-order valence-electron chi connectivity index (χ0n) is 6.78. The van der Waals surface area contributed by atoms with Crippen LogP contribution in [0.3, 0.4) is 0 Å². The Kier molecular flexibility index (Phi) is 4.78. The highest BCUT2D eigenvalue weighted by molar-refractivity contribution is 4.69. The van der Waals surface area contributed by atoms with E-state index in [1.807, 2.05) is 0 Å². The molecule has 0 saturated carbocycles. The van der Waals surface area contributed by atoms with Gasteiger partial charge in [0.1, 0.15) is 0 Å². The third-order valence-corrected chi connectivity index (χ3v) is 2.03. The molecule has 1 N–H and O–H groups in total. The van der Waals surface area contributed by atoms with E-state index in [1.54, 1.807) is 0 Å². The quantitative estimate of drug-likeness (QED) is 0.612.